The number of amides is 1. The fourth-order valence-electron chi connectivity index (χ4n) is 3.77. The van der Waals surface area contributed by atoms with Crippen molar-refractivity contribution in [1.29, 1.82) is 0 Å². The van der Waals surface area contributed by atoms with Gasteiger partial charge < -0.3 is 19.6 Å². The van der Waals surface area contributed by atoms with Gasteiger partial charge in [-0.2, -0.15) is 0 Å². The first-order valence-corrected chi connectivity index (χ1v) is 9.31. The number of piperidine rings is 1. The van der Waals surface area contributed by atoms with E-state index in [0.717, 1.165) is 31.6 Å². The highest BCUT2D eigenvalue weighted by atomic mass is 16.5. The van der Waals surface area contributed by atoms with E-state index in [-0.39, 0.29) is 11.5 Å². The van der Waals surface area contributed by atoms with Crippen molar-refractivity contribution in [3.63, 3.8) is 0 Å². The first kappa shape index (κ1) is 17.4. The number of fused-ring (bicyclic) bond motifs is 1. The van der Waals surface area contributed by atoms with Crippen molar-refractivity contribution >= 4 is 23.3 Å². The van der Waals surface area contributed by atoms with E-state index in [2.05, 4.69) is 0 Å². The van der Waals surface area contributed by atoms with E-state index in [4.69, 9.17) is 4.74 Å². The lowest BCUT2D eigenvalue weighted by Gasteiger charge is -2.33. The molecule has 1 amide bonds. The average molecular weight is 366 g/mol. The van der Waals surface area contributed by atoms with E-state index in [0.29, 0.717) is 30.2 Å². The normalized spacial score (nSPS) is 16.4. The summed E-state index contributed by atoms with van der Waals surface area (Å²) in [5, 5.41) is 9.50. The number of anilines is 2. The van der Waals surface area contributed by atoms with Gasteiger partial charge in [0.05, 0.1) is 23.5 Å². The van der Waals surface area contributed by atoms with Gasteiger partial charge in [-0.15, -0.1) is 0 Å². The van der Waals surface area contributed by atoms with Gasteiger partial charge in [0, 0.05) is 18.7 Å². The van der Waals surface area contributed by atoms with E-state index in [1.54, 1.807) is 30.3 Å². The molecule has 2 aromatic carbocycles. The molecule has 0 atom stereocenters. The van der Waals surface area contributed by atoms with Crippen LogP contribution in [0.25, 0.3) is 0 Å². The molecule has 1 N–H and O–H groups in total. The number of ether oxygens (including phenoxy) is 1. The number of hydrogen-bond acceptors (Lipinski definition) is 4. The second-order valence-corrected chi connectivity index (χ2v) is 6.86. The van der Waals surface area contributed by atoms with Gasteiger partial charge in [0.2, 0.25) is 0 Å². The zero-order valence-electron chi connectivity index (χ0n) is 15.1. The largest absolute Gasteiger partial charge is 0.490 e. The van der Waals surface area contributed by atoms with Gasteiger partial charge in [0.25, 0.3) is 5.91 Å². The third-order valence-electron chi connectivity index (χ3n) is 5.14. The van der Waals surface area contributed by atoms with Crippen molar-refractivity contribution in [1.82, 2.24) is 4.90 Å². The first-order chi connectivity index (χ1) is 13.1. The Bertz CT molecular complexity index is 874. The Kier molecular flexibility index (Phi) is 4.71. The van der Waals surface area contributed by atoms with Crippen LogP contribution in [0.1, 0.15) is 40.0 Å². The minimum absolute atomic E-state index is 0.0316. The summed E-state index contributed by atoms with van der Waals surface area (Å²) in [5.41, 5.74) is 2.28. The molecule has 1 fully saturated rings. The Morgan fingerprint density at radius 2 is 1.70 bits per heavy atom. The van der Waals surface area contributed by atoms with Gasteiger partial charge in [-0.05, 0) is 49.6 Å². The maximum absolute atomic E-state index is 12.8. The summed E-state index contributed by atoms with van der Waals surface area (Å²) >= 11 is 0. The molecule has 0 saturated carbocycles. The predicted octanol–water partition coefficient (Wildman–Crippen LogP) is 3.54. The Hall–Kier alpha value is -3.02. The topological polar surface area (TPSA) is 70.1 Å². The van der Waals surface area contributed by atoms with Gasteiger partial charge in [0.1, 0.15) is 12.4 Å². The third kappa shape index (κ3) is 3.35. The van der Waals surface area contributed by atoms with Crippen LogP contribution >= 0.6 is 0 Å². The number of rotatable bonds is 3. The molecule has 2 aromatic rings. The summed E-state index contributed by atoms with van der Waals surface area (Å²) < 4.78 is 5.79. The fraction of sp³-hybridized carbons (Fsp3) is 0.333. The van der Waals surface area contributed by atoms with Crippen molar-refractivity contribution in [2.24, 2.45) is 0 Å². The molecule has 0 radical (unpaired) electrons. The molecular formula is C21H22N2O4. The van der Waals surface area contributed by atoms with E-state index < -0.39 is 5.97 Å². The molecule has 0 bridgehead atoms. The summed E-state index contributed by atoms with van der Waals surface area (Å²) in [6, 6.07) is 12.4. The summed E-state index contributed by atoms with van der Waals surface area (Å²) in [5.74, 6) is -0.316. The number of aromatic carboxylic acids is 1. The van der Waals surface area contributed by atoms with Crippen molar-refractivity contribution in [2.75, 3.05) is 31.1 Å². The van der Waals surface area contributed by atoms with Gasteiger partial charge in [-0.3, -0.25) is 4.79 Å². The number of hydrogen-bond donors (Lipinski definition) is 1. The summed E-state index contributed by atoms with van der Waals surface area (Å²) in [6.45, 7) is 2.59. The van der Waals surface area contributed by atoms with Gasteiger partial charge in [-0.25, -0.2) is 4.79 Å². The van der Waals surface area contributed by atoms with E-state index in [1.165, 1.54) is 6.42 Å². The maximum atomic E-state index is 12.8. The standard InChI is InChI=1S/C21H22N2O4/c24-20(22-10-4-1-5-11-22)15-8-9-18-19(14-15)27-13-12-23(18)17-7-3-2-6-16(17)21(25)26/h2-3,6-9,14H,1,4-5,10-13H2,(H,25,26). The van der Waals surface area contributed by atoms with Crippen LogP contribution in [-0.2, 0) is 0 Å². The number of likely N-dealkylation sites (tertiary alicyclic amines) is 1. The minimum Gasteiger partial charge on any atom is -0.490 e. The number of para-hydroxylation sites is 1. The van der Waals surface area contributed by atoms with Crippen LogP contribution < -0.4 is 9.64 Å². The molecule has 2 aliphatic heterocycles. The molecule has 140 valence electrons. The Balaban J connectivity index is 1.66. The highest BCUT2D eigenvalue weighted by Crippen LogP contribution is 2.38. The van der Waals surface area contributed by atoms with Crippen LogP contribution in [0.4, 0.5) is 11.4 Å². The number of benzene rings is 2. The van der Waals surface area contributed by atoms with Gasteiger partial charge >= 0.3 is 5.97 Å². The molecule has 6 heteroatoms. The number of carboxylic acid groups (broad SMARTS) is 1. The molecule has 1 saturated heterocycles. The molecule has 0 aliphatic carbocycles. The molecule has 2 heterocycles. The number of carbonyl (C=O) groups is 2. The lowest BCUT2D eigenvalue weighted by molar-refractivity contribution is 0.0695. The third-order valence-corrected chi connectivity index (χ3v) is 5.14. The molecular weight excluding hydrogens is 344 g/mol. The van der Waals surface area contributed by atoms with Crippen LogP contribution in [-0.4, -0.2) is 48.1 Å². The Morgan fingerprint density at radius 3 is 2.48 bits per heavy atom. The second kappa shape index (κ2) is 7.31. The van der Waals surface area contributed by atoms with Crippen molar-refractivity contribution < 1.29 is 19.4 Å². The van der Waals surface area contributed by atoms with E-state index >= 15 is 0 Å². The van der Waals surface area contributed by atoms with Crippen LogP contribution in [0.5, 0.6) is 5.75 Å². The summed E-state index contributed by atoms with van der Waals surface area (Å²) in [4.78, 5) is 28.2. The zero-order valence-corrected chi connectivity index (χ0v) is 15.1. The average Bonchev–Trinajstić information content (AvgIpc) is 2.73. The van der Waals surface area contributed by atoms with Crippen molar-refractivity contribution in [3.05, 3.63) is 53.6 Å². The SMILES string of the molecule is O=C(O)c1ccccc1N1CCOc2cc(C(=O)N3CCCCC3)ccc21. The lowest BCUT2D eigenvalue weighted by Crippen LogP contribution is -2.36. The molecule has 4 rings (SSSR count). The monoisotopic (exact) mass is 366 g/mol. The Morgan fingerprint density at radius 1 is 0.926 bits per heavy atom. The van der Waals surface area contributed by atoms with E-state index in [1.807, 2.05) is 21.9 Å². The maximum Gasteiger partial charge on any atom is 0.337 e. The molecule has 0 spiro atoms. The lowest BCUT2D eigenvalue weighted by atomic mass is 10.1. The van der Waals surface area contributed by atoms with Crippen molar-refractivity contribution in [2.45, 2.75) is 19.3 Å². The van der Waals surface area contributed by atoms with Crippen LogP contribution in [0.3, 0.4) is 0 Å². The number of nitrogens with zero attached hydrogens (tertiary/aromatic N) is 2. The second-order valence-electron chi connectivity index (χ2n) is 6.86. The number of carbonyl (C=O) groups excluding carboxylic acids is 1. The highest BCUT2D eigenvalue weighted by Gasteiger charge is 2.25. The quantitative estimate of drug-likeness (QED) is 0.900. The number of carboxylic acids is 1. The van der Waals surface area contributed by atoms with Gasteiger partial charge in [0.15, 0.2) is 0 Å². The van der Waals surface area contributed by atoms with E-state index in [9.17, 15) is 14.7 Å². The molecule has 0 unspecified atom stereocenters. The van der Waals surface area contributed by atoms with Crippen molar-refractivity contribution in [3.8, 4) is 5.75 Å². The Labute approximate surface area is 158 Å². The van der Waals surface area contributed by atoms with Crippen LogP contribution in [0.15, 0.2) is 42.5 Å². The van der Waals surface area contributed by atoms with Crippen LogP contribution in [0, 0.1) is 0 Å². The summed E-state index contributed by atoms with van der Waals surface area (Å²) in [6.07, 6.45) is 3.27. The molecule has 27 heavy (non-hydrogen) atoms. The highest BCUT2D eigenvalue weighted by molar-refractivity contribution is 5.98. The van der Waals surface area contributed by atoms with Crippen LogP contribution in [0.2, 0.25) is 0 Å². The minimum atomic E-state index is -0.962. The summed E-state index contributed by atoms with van der Waals surface area (Å²) in [7, 11) is 0. The zero-order chi connectivity index (χ0) is 18.8. The first-order valence-electron chi connectivity index (χ1n) is 9.31. The van der Waals surface area contributed by atoms with Gasteiger partial charge in [-0.1, -0.05) is 12.1 Å². The molecule has 2 aliphatic rings. The molecule has 6 nitrogen and oxygen atoms in total. The smallest absolute Gasteiger partial charge is 0.337 e. The molecule has 0 aromatic heterocycles. The predicted molar refractivity (Wildman–Crippen MR) is 102 cm³/mol. The fourth-order valence-corrected chi connectivity index (χ4v) is 3.77.